The lowest BCUT2D eigenvalue weighted by Crippen LogP contribution is -2.24. The average molecular weight is 465 g/mol. The van der Waals surface area contributed by atoms with Crippen LogP contribution in [0.5, 0.6) is 5.75 Å². The number of benzene rings is 1. The average Bonchev–Trinajstić information content (AvgIpc) is 3.28. The van der Waals surface area contributed by atoms with Crippen LogP contribution in [-0.4, -0.2) is 20.9 Å². The number of anilines is 1. The third kappa shape index (κ3) is 4.88. The maximum atomic E-state index is 12.7. The standard InChI is InChI=1S/C22H20ClF3N4O2/c23-20-17(27-11-14-5-1-4-8-18(14)32-16-6-2-3-7-16)13-29-30(21(20)31)19-10-9-15(12-28-19)22(24,25)26/h1,4-5,8-10,12-13,16,27H,2-3,6-7,11H2. The van der Waals surface area contributed by atoms with Crippen molar-refractivity contribution in [3.8, 4) is 11.6 Å². The highest BCUT2D eigenvalue weighted by molar-refractivity contribution is 6.32. The molecule has 0 saturated heterocycles. The molecular weight excluding hydrogens is 445 g/mol. The van der Waals surface area contributed by atoms with E-state index in [0.29, 0.717) is 18.4 Å². The Morgan fingerprint density at radius 1 is 1.12 bits per heavy atom. The van der Waals surface area contributed by atoms with Gasteiger partial charge in [-0.15, -0.1) is 0 Å². The second-order valence-corrected chi connectivity index (χ2v) is 7.86. The molecule has 0 atom stereocenters. The fourth-order valence-electron chi connectivity index (χ4n) is 3.54. The highest BCUT2D eigenvalue weighted by atomic mass is 35.5. The first-order chi connectivity index (χ1) is 15.3. The number of rotatable bonds is 6. The normalized spacial score (nSPS) is 14.5. The fraction of sp³-hybridized carbons (Fsp3) is 0.318. The molecule has 2 heterocycles. The molecule has 1 fully saturated rings. The van der Waals surface area contributed by atoms with Gasteiger partial charge < -0.3 is 10.1 Å². The van der Waals surface area contributed by atoms with Crippen LogP contribution in [-0.2, 0) is 12.7 Å². The number of pyridine rings is 1. The van der Waals surface area contributed by atoms with E-state index in [-0.39, 0.29) is 16.9 Å². The molecule has 168 valence electrons. The van der Waals surface area contributed by atoms with E-state index in [1.807, 2.05) is 24.3 Å². The Kier molecular flexibility index (Phi) is 6.36. The largest absolute Gasteiger partial charge is 0.490 e. The summed E-state index contributed by atoms with van der Waals surface area (Å²) in [6.07, 6.45) is 2.07. The zero-order valence-corrected chi connectivity index (χ0v) is 17.7. The molecular formula is C22H20ClF3N4O2. The molecule has 0 amide bonds. The van der Waals surface area contributed by atoms with E-state index in [0.717, 1.165) is 53.8 Å². The number of hydrogen-bond donors (Lipinski definition) is 1. The predicted molar refractivity (Wildman–Crippen MR) is 114 cm³/mol. The molecule has 4 rings (SSSR count). The van der Waals surface area contributed by atoms with Crippen molar-refractivity contribution in [2.24, 2.45) is 0 Å². The van der Waals surface area contributed by atoms with Crippen molar-refractivity contribution in [1.82, 2.24) is 14.8 Å². The minimum absolute atomic E-state index is 0.0632. The van der Waals surface area contributed by atoms with E-state index in [9.17, 15) is 18.0 Å². The molecule has 32 heavy (non-hydrogen) atoms. The Hall–Kier alpha value is -3.07. The lowest BCUT2D eigenvalue weighted by Gasteiger charge is -2.17. The van der Waals surface area contributed by atoms with E-state index in [4.69, 9.17) is 16.3 Å². The van der Waals surface area contributed by atoms with Crippen LogP contribution in [0.3, 0.4) is 0 Å². The first-order valence-corrected chi connectivity index (χ1v) is 10.5. The molecule has 2 aromatic heterocycles. The van der Waals surface area contributed by atoms with Gasteiger partial charge in [-0.05, 0) is 43.9 Å². The Labute approximate surface area is 187 Å². The lowest BCUT2D eigenvalue weighted by atomic mass is 10.2. The first kappa shape index (κ1) is 22.1. The molecule has 0 aliphatic heterocycles. The molecule has 3 aromatic rings. The van der Waals surface area contributed by atoms with Gasteiger partial charge in [0, 0.05) is 18.3 Å². The minimum atomic E-state index is -4.52. The number of halogens is 4. The zero-order chi connectivity index (χ0) is 22.7. The first-order valence-electron chi connectivity index (χ1n) is 10.1. The smallest absolute Gasteiger partial charge is 0.417 e. The van der Waals surface area contributed by atoms with Gasteiger partial charge >= 0.3 is 6.18 Å². The summed E-state index contributed by atoms with van der Waals surface area (Å²) in [6.45, 7) is 0.353. The Morgan fingerprint density at radius 3 is 2.56 bits per heavy atom. The van der Waals surface area contributed by atoms with E-state index in [1.165, 1.54) is 6.20 Å². The summed E-state index contributed by atoms with van der Waals surface area (Å²) in [5.41, 5.74) is -0.406. The molecule has 0 unspecified atom stereocenters. The van der Waals surface area contributed by atoms with Crippen molar-refractivity contribution in [3.63, 3.8) is 0 Å². The number of alkyl halides is 3. The Bertz CT molecular complexity index is 1140. The highest BCUT2D eigenvalue weighted by Gasteiger charge is 2.30. The van der Waals surface area contributed by atoms with Gasteiger partial charge in [0.2, 0.25) is 0 Å². The molecule has 1 aliphatic carbocycles. The lowest BCUT2D eigenvalue weighted by molar-refractivity contribution is -0.137. The van der Waals surface area contributed by atoms with Crippen LogP contribution >= 0.6 is 11.6 Å². The second-order valence-electron chi connectivity index (χ2n) is 7.48. The van der Waals surface area contributed by atoms with E-state index in [1.54, 1.807) is 0 Å². The van der Waals surface area contributed by atoms with Gasteiger partial charge in [0.25, 0.3) is 5.56 Å². The molecule has 0 bridgehead atoms. The predicted octanol–water partition coefficient (Wildman–Crippen LogP) is 5.23. The van der Waals surface area contributed by atoms with Crippen LogP contribution in [0.4, 0.5) is 18.9 Å². The molecule has 10 heteroatoms. The number of hydrogen-bond acceptors (Lipinski definition) is 5. The van der Waals surface area contributed by atoms with E-state index >= 15 is 0 Å². The molecule has 0 radical (unpaired) electrons. The maximum Gasteiger partial charge on any atom is 0.417 e. The van der Waals surface area contributed by atoms with Gasteiger partial charge in [0.05, 0.1) is 23.6 Å². The van der Waals surface area contributed by atoms with Crippen LogP contribution in [0.2, 0.25) is 5.02 Å². The van der Waals surface area contributed by atoms with Gasteiger partial charge in [-0.1, -0.05) is 29.8 Å². The van der Waals surface area contributed by atoms with Crippen LogP contribution in [0.1, 0.15) is 36.8 Å². The van der Waals surface area contributed by atoms with Crippen LogP contribution in [0.15, 0.2) is 53.6 Å². The molecule has 0 spiro atoms. The van der Waals surface area contributed by atoms with E-state index in [2.05, 4.69) is 15.4 Å². The van der Waals surface area contributed by atoms with Gasteiger partial charge in [0.15, 0.2) is 5.82 Å². The maximum absolute atomic E-state index is 12.7. The van der Waals surface area contributed by atoms with Gasteiger partial charge in [0.1, 0.15) is 10.8 Å². The number of nitrogens with one attached hydrogen (secondary N) is 1. The summed E-state index contributed by atoms with van der Waals surface area (Å²) in [6, 6.07) is 9.53. The molecule has 6 nitrogen and oxygen atoms in total. The number of aromatic nitrogens is 3. The van der Waals surface area contributed by atoms with E-state index < -0.39 is 17.3 Å². The summed E-state index contributed by atoms with van der Waals surface area (Å²) in [5, 5.41) is 6.94. The Balaban J connectivity index is 1.51. The number of ether oxygens (including phenoxy) is 1. The van der Waals surface area contributed by atoms with Crippen LogP contribution in [0, 0.1) is 0 Å². The SMILES string of the molecule is O=c1c(Cl)c(NCc2ccccc2OC2CCCC2)cnn1-c1ccc(C(F)(F)F)cn1. The third-order valence-corrected chi connectivity index (χ3v) is 5.61. The number of para-hydroxylation sites is 1. The molecule has 1 N–H and O–H groups in total. The zero-order valence-electron chi connectivity index (χ0n) is 16.9. The van der Waals surface area contributed by atoms with Crippen molar-refractivity contribution < 1.29 is 17.9 Å². The van der Waals surface area contributed by atoms with Gasteiger partial charge in [-0.3, -0.25) is 4.79 Å². The summed E-state index contributed by atoms with van der Waals surface area (Å²) in [4.78, 5) is 16.3. The fourth-order valence-corrected chi connectivity index (χ4v) is 3.73. The number of nitrogens with zero attached hydrogens (tertiary/aromatic N) is 3. The summed E-state index contributed by atoms with van der Waals surface area (Å²) in [5.74, 6) is 0.713. The van der Waals surface area contributed by atoms with Crippen molar-refractivity contribution in [3.05, 3.63) is 75.3 Å². The molecule has 1 aliphatic rings. The summed E-state index contributed by atoms with van der Waals surface area (Å²) >= 11 is 6.22. The van der Waals surface area contributed by atoms with Crippen molar-refractivity contribution in [2.75, 3.05) is 5.32 Å². The molecule has 1 aromatic carbocycles. The second kappa shape index (κ2) is 9.20. The van der Waals surface area contributed by atoms with Crippen LogP contribution < -0.4 is 15.6 Å². The van der Waals surface area contributed by atoms with Crippen molar-refractivity contribution in [2.45, 2.75) is 44.5 Å². The molecule has 1 saturated carbocycles. The summed E-state index contributed by atoms with van der Waals surface area (Å²) < 4.78 is 45.1. The summed E-state index contributed by atoms with van der Waals surface area (Å²) in [7, 11) is 0. The monoisotopic (exact) mass is 464 g/mol. The van der Waals surface area contributed by atoms with Crippen molar-refractivity contribution in [1.29, 1.82) is 0 Å². The van der Waals surface area contributed by atoms with Gasteiger partial charge in [-0.2, -0.15) is 23.0 Å². The van der Waals surface area contributed by atoms with Crippen LogP contribution in [0.25, 0.3) is 5.82 Å². The topological polar surface area (TPSA) is 69.0 Å². The quantitative estimate of drug-likeness (QED) is 0.540. The van der Waals surface area contributed by atoms with Crippen molar-refractivity contribution >= 4 is 17.3 Å². The third-order valence-electron chi connectivity index (χ3n) is 5.25. The highest BCUT2D eigenvalue weighted by Crippen LogP contribution is 2.29. The minimum Gasteiger partial charge on any atom is -0.490 e. The Morgan fingerprint density at radius 2 is 1.88 bits per heavy atom. The van der Waals surface area contributed by atoms with Gasteiger partial charge in [-0.25, -0.2) is 4.98 Å².